The van der Waals surface area contributed by atoms with Crippen molar-refractivity contribution in [1.29, 1.82) is 0 Å². The summed E-state index contributed by atoms with van der Waals surface area (Å²) in [5.74, 6) is -0.959. The molecule has 360 valence electrons. The lowest BCUT2D eigenvalue weighted by Gasteiger charge is -2.18. The van der Waals surface area contributed by atoms with Gasteiger partial charge < -0.3 is 14.2 Å². The van der Waals surface area contributed by atoms with Crippen molar-refractivity contribution in [1.82, 2.24) is 0 Å². The molecule has 0 rings (SSSR count). The second-order valence-electron chi connectivity index (χ2n) is 17.2. The molecule has 0 aromatic heterocycles. The van der Waals surface area contributed by atoms with Crippen molar-refractivity contribution >= 4 is 17.9 Å². The van der Waals surface area contributed by atoms with E-state index in [-0.39, 0.29) is 37.5 Å². The molecule has 1 atom stereocenters. The number of carbonyl (C=O) groups excluding carboxylic acids is 3. The van der Waals surface area contributed by atoms with Gasteiger partial charge in [0.2, 0.25) is 0 Å². The summed E-state index contributed by atoms with van der Waals surface area (Å²) in [7, 11) is 0. The van der Waals surface area contributed by atoms with Gasteiger partial charge in [0, 0.05) is 19.3 Å². The summed E-state index contributed by atoms with van der Waals surface area (Å²) in [6, 6.07) is 0. The van der Waals surface area contributed by atoms with Crippen LogP contribution in [0.4, 0.5) is 0 Å². The molecule has 0 amide bonds. The molecule has 6 heteroatoms. The van der Waals surface area contributed by atoms with Gasteiger partial charge in [0.1, 0.15) is 13.2 Å². The van der Waals surface area contributed by atoms with Crippen LogP contribution in [0.2, 0.25) is 0 Å². The Balaban J connectivity index is 4.42. The molecule has 0 spiro atoms. The van der Waals surface area contributed by atoms with E-state index in [1.165, 1.54) is 116 Å². The second kappa shape index (κ2) is 51.2. The van der Waals surface area contributed by atoms with Crippen LogP contribution >= 0.6 is 0 Å². The van der Waals surface area contributed by atoms with E-state index in [1.807, 2.05) is 36.5 Å². The number of hydrogen-bond acceptors (Lipinski definition) is 6. The number of carbonyl (C=O) groups is 3. The van der Waals surface area contributed by atoms with Gasteiger partial charge in [0.15, 0.2) is 6.10 Å². The average Bonchev–Trinajstić information content (AvgIpc) is 3.28. The zero-order chi connectivity index (χ0) is 45.8. The van der Waals surface area contributed by atoms with Gasteiger partial charge in [-0.1, -0.05) is 215 Å². The third-order valence-electron chi connectivity index (χ3n) is 11.0. The maximum atomic E-state index is 12.8. The first-order valence-electron chi connectivity index (χ1n) is 26.2. The Morgan fingerprint density at radius 3 is 1.08 bits per heavy atom. The van der Waals surface area contributed by atoms with Gasteiger partial charge in [-0.25, -0.2) is 0 Å². The predicted molar refractivity (Wildman–Crippen MR) is 270 cm³/mol. The summed E-state index contributed by atoms with van der Waals surface area (Å²) >= 11 is 0. The smallest absolute Gasteiger partial charge is 0.306 e. The van der Waals surface area contributed by atoms with Gasteiger partial charge in [0.25, 0.3) is 0 Å². The van der Waals surface area contributed by atoms with Gasteiger partial charge in [0.05, 0.1) is 0 Å². The third kappa shape index (κ3) is 49.5. The molecule has 1 unspecified atom stereocenters. The van der Waals surface area contributed by atoms with E-state index < -0.39 is 6.10 Å². The van der Waals surface area contributed by atoms with E-state index in [9.17, 15) is 14.4 Å². The molecule has 0 aromatic rings. The molecule has 0 heterocycles. The molecule has 0 saturated carbocycles. The molecule has 0 saturated heterocycles. The number of rotatable bonds is 46. The van der Waals surface area contributed by atoms with Crippen LogP contribution < -0.4 is 0 Å². The maximum Gasteiger partial charge on any atom is 0.306 e. The minimum atomic E-state index is -0.804. The highest BCUT2D eigenvalue weighted by Gasteiger charge is 2.19. The molecule has 63 heavy (non-hydrogen) atoms. The maximum absolute atomic E-state index is 12.8. The Bertz CT molecular complexity index is 1240. The summed E-state index contributed by atoms with van der Waals surface area (Å²) in [5, 5.41) is 0. The van der Waals surface area contributed by atoms with Gasteiger partial charge in [-0.15, -0.1) is 0 Å². The monoisotopic (exact) mass is 877 g/mol. The zero-order valence-electron chi connectivity index (χ0n) is 41.1. The quantitative estimate of drug-likeness (QED) is 0.0199. The van der Waals surface area contributed by atoms with Crippen LogP contribution in [0.5, 0.6) is 0 Å². The Labute approximate surface area is 388 Å². The topological polar surface area (TPSA) is 78.9 Å². The average molecular weight is 877 g/mol. The van der Waals surface area contributed by atoms with Gasteiger partial charge in [-0.2, -0.15) is 0 Å². The fourth-order valence-electron chi connectivity index (χ4n) is 7.03. The summed E-state index contributed by atoms with van der Waals surface area (Å²) in [6.45, 7) is 6.41. The van der Waals surface area contributed by atoms with Crippen molar-refractivity contribution < 1.29 is 28.6 Å². The fraction of sp³-hybridized carbons (Fsp3) is 0.702. The molecule has 0 aliphatic heterocycles. The lowest BCUT2D eigenvalue weighted by molar-refractivity contribution is -0.167. The Hall–Kier alpha value is -3.41. The van der Waals surface area contributed by atoms with Crippen LogP contribution in [-0.2, 0) is 28.6 Å². The molecule has 0 aliphatic rings. The van der Waals surface area contributed by atoms with Crippen LogP contribution in [0.15, 0.2) is 85.1 Å². The van der Waals surface area contributed by atoms with E-state index in [1.54, 1.807) is 0 Å². The van der Waals surface area contributed by atoms with Gasteiger partial charge >= 0.3 is 17.9 Å². The van der Waals surface area contributed by atoms with Gasteiger partial charge in [-0.3, -0.25) is 14.4 Å². The number of ether oxygens (including phenoxy) is 3. The standard InChI is InChI=1S/C57H96O6/c1-4-7-10-13-16-19-22-25-26-27-28-29-30-33-35-38-41-44-47-50-56(59)62-53-54(63-57(60)51-48-45-42-39-36-32-24-21-18-15-12-9-6-3)52-61-55(58)49-46-43-40-37-34-31-23-20-17-14-11-8-5-2/h9,12,15-16,18-19,21-22,24-25,31-32,34,36,54H,4-8,10-11,13-14,17,20,23,26-30,33,35,37-53H2,1-3H3/b12-9-,18-15-,19-16-,24-21-,25-22-,34-31-,36-32-. The van der Waals surface area contributed by atoms with Crippen molar-refractivity contribution in [3.63, 3.8) is 0 Å². The molecule has 0 aliphatic carbocycles. The van der Waals surface area contributed by atoms with Crippen molar-refractivity contribution in [3.8, 4) is 0 Å². The van der Waals surface area contributed by atoms with Crippen molar-refractivity contribution in [2.45, 2.75) is 245 Å². The number of esters is 3. The largest absolute Gasteiger partial charge is 0.462 e. The summed E-state index contributed by atoms with van der Waals surface area (Å²) in [5.41, 5.74) is 0. The summed E-state index contributed by atoms with van der Waals surface area (Å²) in [4.78, 5) is 38.0. The van der Waals surface area contributed by atoms with Crippen molar-refractivity contribution in [2.75, 3.05) is 13.2 Å². The van der Waals surface area contributed by atoms with E-state index in [0.717, 1.165) is 77.0 Å². The van der Waals surface area contributed by atoms with E-state index in [2.05, 4.69) is 69.4 Å². The highest BCUT2D eigenvalue weighted by molar-refractivity contribution is 5.71. The Morgan fingerprint density at radius 2 is 0.635 bits per heavy atom. The van der Waals surface area contributed by atoms with Crippen LogP contribution in [0.25, 0.3) is 0 Å². The first-order chi connectivity index (χ1) is 31.0. The fourth-order valence-corrected chi connectivity index (χ4v) is 7.03. The molecule has 0 N–H and O–H groups in total. The lowest BCUT2D eigenvalue weighted by atomic mass is 10.1. The summed E-state index contributed by atoms with van der Waals surface area (Å²) in [6.07, 6.45) is 65.7. The van der Waals surface area contributed by atoms with Crippen LogP contribution in [0.3, 0.4) is 0 Å². The first-order valence-corrected chi connectivity index (χ1v) is 26.2. The van der Waals surface area contributed by atoms with Gasteiger partial charge in [-0.05, 0) is 89.9 Å². The van der Waals surface area contributed by atoms with Crippen LogP contribution in [0.1, 0.15) is 239 Å². The SMILES string of the molecule is CC\C=C/C=C\C=C/C=C\CCCCCC(=O)OC(COC(=O)CCCCC/C=C\CCCCCCCC)COC(=O)CCCCCCCCCCCC/C=C\C=C/CCCCC. The molecular weight excluding hydrogens is 781 g/mol. The minimum Gasteiger partial charge on any atom is -0.462 e. The van der Waals surface area contributed by atoms with Crippen LogP contribution in [-0.4, -0.2) is 37.2 Å². The second-order valence-corrected chi connectivity index (χ2v) is 17.2. The lowest BCUT2D eigenvalue weighted by Crippen LogP contribution is -2.30. The molecule has 0 fully saturated rings. The first kappa shape index (κ1) is 59.6. The highest BCUT2D eigenvalue weighted by Crippen LogP contribution is 2.14. The predicted octanol–water partition coefficient (Wildman–Crippen LogP) is 17.2. The van der Waals surface area contributed by atoms with E-state index in [4.69, 9.17) is 14.2 Å². The molecule has 0 aromatic carbocycles. The Kier molecular flexibility index (Phi) is 48.5. The summed E-state index contributed by atoms with van der Waals surface area (Å²) < 4.78 is 16.7. The normalized spacial score (nSPS) is 12.7. The number of unbranched alkanes of at least 4 members (excludes halogenated alkanes) is 25. The Morgan fingerprint density at radius 1 is 0.333 bits per heavy atom. The minimum absolute atomic E-state index is 0.0994. The van der Waals surface area contributed by atoms with Crippen LogP contribution in [0, 0.1) is 0 Å². The molecule has 0 radical (unpaired) electrons. The van der Waals surface area contributed by atoms with E-state index in [0.29, 0.717) is 19.3 Å². The third-order valence-corrected chi connectivity index (χ3v) is 11.0. The van der Waals surface area contributed by atoms with Crippen molar-refractivity contribution in [3.05, 3.63) is 85.1 Å². The number of hydrogen-bond donors (Lipinski definition) is 0. The highest BCUT2D eigenvalue weighted by atomic mass is 16.6. The molecule has 6 nitrogen and oxygen atoms in total. The number of allylic oxidation sites excluding steroid dienone is 14. The molecule has 0 bridgehead atoms. The molecular formula is C57H96O6. The van der Waals surface area contributed by atoms with E-state index >= 15 is 0 Å². The van der Waals surface area contributed by atoms with Crippen molar-refractivity contribution in [2.24, 2.45) is 0 Å². The zero-order valence-corrected chi connectivity index (χ0v) is 41.1.